The van der Waals surface area contributed by atoms with Crippen LogP contribution in [0.25, 0.3) is 6.08 Å². The van der Waals surface area contributed by atoms with Crippen LogP contribution in [0.1, 0.15) is 89.1 Å². The molecule has 3 heterocycles. The Morgan fingerprint density at radius 2 is 1.92 bits per heavy atom. The first-order valence-corrected chi connectivity index (χ1v) is 13.5. The molecule has 0 unspecified atom stereocenters. The molecule has 200 valence electrons. The molecule has 0 aliphatic carbocycles. The van der Waals surface area contributed by atoms with Crippen molar-refractivity contribution < 1.29 is 34.1 Å². The van der Waals surface area contributed by atoms with E-state index in [9.17, 15) is 24.6 Å². The molecular weight excluding hydrogens is 482 g/mol. The standard InChI is InChI=1S/C27H39NO7S/c1-15-8-7-9-27(6)21(35-27)11-19(16(2)10-18-14-36-22(13-29)28-18)34-23(31)12-20(30)26(4,5)25(33)17(3)24(15)32/h10,13-15,17,19-21,24,30,32H,7-9,11-12H2,1-6H3/t15-,17+,19-,20-,21-,24-,27+/m1/s1. The third-order valence-electron chi connectivity index (χ3n) is 7.93. The van der Waals surface area contributed by atoms with Gasteiger partial charge in [0.05, 0.1) is 41.4 Å². The number of cyclic esters (lactones) is 1. The van der Waals surface area contributed by atoms with Gasteiger partial charge < -0.3 is 19.7 Å². The Kier molecular flexibility index (Phi) is 8.91. The number of aromatic nitrogens is 1. The Morgan fingerprint density at radius 3 is 2.56 bits per heavy atom. The summed E-state index contributed by atoms with van der Waals surface area (Å²) in [6.07, 6.45) is 2.12. The van der Waals surface area contributed by atoms with Gasteiger partial charge in [0.2, 0.25) is 0 Å². The van der Waals surface area contributed by atoms with Gasteiger partial charge in [-0.3, -0.25) is 14.4 Å². The molecule has 8 nitrogen and oxygen atoms in total. The van der Waals surface area contributed by atoms with Crippen LogP contribution in [-0.2, 0) is 19.1 Å². The number of hydrogen-bond acceptors (Lipinski definition) is 9. The first-order chi connectivity index (χ1) is 16.8. The van der Waals surface area contributed by atoms with Crippen molar-refractivity contribution in [1.29, 1.82) is 0 Å². The van der Waals surface area contributed by atoms with Crippen LogP contribution < -0.4 is 0 Å². The van der Waals surface area contributed by atoms with Crippen LogP contribution in [0.5, 0.6) is 0 Å². The first kappa shape index (κ1) is 28.6. The fourth-order valence-electron chi connectivity index (χ4n) is 5.04. The van der Waals surface area contributed by atoms with Crippen LogP contribution in [0.15, 0.2) is 11.0 Å². The van der Waals surface area contributed by atoms with E-state index in [-0.39, 0.29) is 29.8 Å². The number of hydrogen-bond donors (Lipinski definition) is 2. The predicted molar refractivity (Wildman–Crippen MR) is 137 cm³/mol. The quantitative estimate of drug-likeness (QED) is 0.347. The first-order valence-electron chi connectivity index (χ1n) is 12.6. The van der Waals surface area contributed by atoms with E-state index in [1.165, 1.54) is 11.3 Å². The highest BCUT2D eigenvalue weighted by molar-refractivity contribution is 7.11. The van der Waals surface area contributed by atoms with Crippen LogP contribution in [0, 0.1) is 17.3 Å². The Labute approximate surface area is 217 Å². The van der Waals surface area contributed by atoms with Gasteiger partial charge >= 0.3 is 5.97 Å². The molecule has 1 aromatic rings. The number of aliphatic hydroxyl groups is 2. The molecule has 0 aromatic carbocycles. The van der Waals surface area contributed by atoms with E-state index in [2.05, 4.69) is 4.98 Å². The number of carbonyl (C=O) groups excluding carboxylic acids is 3. The lowest BCUT2D eigenvalue weighted by Crippen LogP contribution is -2.45. The minimum absolute atomic E-state index is 0.0946. The van der Waals surface area contributed by atoms with Crippen LogP contribution >= 0.6 is 11.3 Å². The zero-order chi connectivity index (χ0) is 26.8. The van der Waals surface area contributed by atoms with E-state index in [0.717, 1.165) is 24.8 Å². The maximum Gasteiger partial charge on any atom is 0.309 e. The van der Waals surface area contributed by atoms with Gasteiger partial charge in [0.15, 0.2) is 11.3 Å². The van der Waals surface area contributed by atoms with Crippen LogP contribution in [0.4, 0.5) is 0 Å². The van der Waals surface area contributed by atoms with Crippen molar-refractivity contribution in [3.8, 4) is 0 Å². The molecule has 0 radical (unpaired) electrons. The molecule has 36 heavy (non-hydrogen) atoms. The van der Waals surface area contributed by atoms with Gasteiger partial charge in [-0.25, -0.2) is 4.98 Å². The second-order valence-electron chi connectivity index (χ2n) is 11.2. The van der Waals surface area contributed by atoms with Crippen molar-refractivity contribution in [2.24, 2.45) is 17.3 Å². The lowest BCUT2D eigenvalue weighted by atomic mass is 9.73. The molecule has 0 amide bonds. The average molecular weight is 522 g/mol. The van der Waals surface area contributed by atoms with E-state index >= 15 is 0 Å². The van der Waals surface area contributed by atoms with E-state index in [1.807, 2.05) is 20.8 Å². The largest absolute Gasteiger partial charge is 0.458 e. The third kappa shape index (κ3) is 6.49. The molecule has 7 atom stereocenters. The highest BCUT2D eigenvalue weighted by atomic mass is 32.1. The Balaban J connectivity index is 1.86. The van der Waals surface area contributed by atoms with Crippen molar-refractivity contribution in [2.45, 2.75) is 104 Å². The summed E-state index contributed by atoms with van der Waals surface area (Å²) in [6, 6.07) is 0. The summed E-state index contributed by atoms with van der Waals surface area (Å²) < 4.78 is 11.9. The smallest absolute Gasteiger partial charge is 0.309 e. The summed E-state index contributed by atoms with van der Waals surface area (Å²) in [6.45, 7) is 10.7. The molecule has 0 spiro atoms. The molecule has 9 heteroatoms. The summed E-state index contributed by atoms with van der Waals surface area (Å²) in [5, 5.41) is 23.8. The Hall–Kier alpha value is -1.94. The van der Waals surface area contributed by atoms with Gasteiger partial charge in [-0.15, -0.1) is 11.3 Å². The maximum atomic E-state index is 13.2. The number of esters is 1. The normalized spacial score (nSPS) is 36.6. The summed E-state index contributed by atoms with van der Waals surface area (Å²) in [5.74, 6) is -1.68. The Morgan fingerprint density at radius 1 is 1.22 bits per heavy atom. The SMILES string of the molecule is CC(=Cc1csc(C=O)n1)[C@H]1C[C@H]2O[C@@]2(C)CCC[C@@H](C)[C@@H](O)[C@H](C)C(=O)C(C)(C)[C@H](O)CC(=O)O1. The number of ketones is 1. The third-order valence-corrected chi connectivity index (χ3v) is 8.72. The number of rotatable bonds is 3. The summed E-state index contributed by atoms with van der Waals surface area (Å²) in [5.41, 5.74) is -0.225. The highest BCUT2D eigenvalue weighted by Gasteiger charge is 2.53. The number of epoxide rings is 1. The molecule has 2 fully saturated rings. The monoisotopic (exact) mass is 521 g/mol. The minimum atomic E-state index is -1.27. The van der Waals surface area contributed by atoms with Gasteiger partial charge in [0.1, 0.15) is 11.9 Å². The summed E-state index contributed by atoms with van der Waals surface area (Å²) >= 11 is 1.24. The zero-order valence-corrected chi connectivity index (χ0v) is 22.8. The topological polar surface area (TPSA) is 126 Å². The number of nitrogens with zero attached hydrogens (tertiary/aromatic N) is 1. The Bertz CT molecular complexity index is 1000. The fraction of sp³-hybridized carbons (Fsp3) is 0.704. The molecule has 0 bridgehead atoms. The summed E-state index contributed by atoms with van der Waals surface area (Å²) in [4.78, 5) is 41.4. The second-order valence-corrected chi connectivity index (χ2v) is 12.1. The lowest BCUT2D eigenvalue weighted by molar-refractivity contribution is -0.154. The summed E-state index contributed by atoms with van der Waals surface area (Å²) in [7, 11) is 0. The predicted octanol–water partition coefficient (Wildman–Crippen LogP) is 3.98. The zero-order valence-electron chi connectivity index (χ0n) is 22.0. The van der Waals surface area contributed by atoms with Crippen molar-refractivity contribution in [2.75, 3.05) is 0 Å². The van der Waals surface area contributed by atoms with Crippen molar-refractivity contribution in [1.82, 2.24) is 4.98 Å². The molecule has 2 N–H and O–H groups in total. The molecule has 1 aromatic heterocycles. The average Bonchev–Trinajstić information content (AvgIpc) is 3.23. The van der Waals surface area contributed by atoms with Crippen LogP contribution in [0.3, 0.4) is 0 Å². The minimum Gasteiger partial charge on any atom is -0.458 e. The highest BCUT2D eigenvalue weighted by Crippen LogP contribution is 2.45. The van der Waals surface area contributed by atoms with Crippen LogP contribution in [0.2, 0.25) is 0 Å². The number of carbonyl (C=O) groups is 3. The molecule has 2 aliphatic heterocycles. The number of ether oxygens (including phenoxy) is 2. The van der Waals surface area contributed by atoms with E-state index < -0.39 is 35.6 Å². The van der Waals surface area contributed by atoms with Gasteiger partial charge in [-0.05, 0) is 44.3 Å². The van der Waals surface area contributed by atoms with E-state index in [1.54, 1.807) is 32.2 Å². The lowest BCUT2D eigenvalue weighted by Gasteiger charge is -2.34. The van der Waals surface area contributed by atoms with Crippen molar-refractivity contribution in [3.05, 3.63) is 21.7 Å². The van der Waals surface area contributed by atoms with Gasteiger partial charge in [-0.1, -0.05) is 34.1 Å². The number of Topliss-reactive ketones (excluding diaryl/α,β-unsaturated/α-hetero) is 1. The second kappa shape index (κ2) is 11.2. The van der Waals surface area contributed by atoms with E-state index in [0.29, 0.717) is 23.4 Å². The van der Waals surface area contributed by atoms with E-state index in [4.69, 9.17) is 9.47 Å². The molecule has 2 aliphatic rings. The van der Waals surface area contributed by atoms with Gasteiger partial charge in [0.25, 0.3) is 0 Å². The molecular formula is C27H39NO7S. The number of aldehydes is 1. The number of thiazole rings is 1. The maximum absolute atomic E-state index is 13.2. The molecule has 3 rings (SSSR count). The van der Waals surface area contributed by atoms with Gasteiger partial charge in [-0.2, -0.15) is 0 Å². The molecule has 2 saturated heterocycles. The van der Waals surface area contributed by atoms with Crippen molar-refractivity contribution in [3.63, 3.8) is 0 Å². The number of aliphatic hydroxyl groups excluding tert-OH is 2. The fourth-order valence-corrected chi connectivity index (χ4v) is 5.62. The van der Waals surface area contributed by atoms with Gasteiger partial charge in [0, 0.05) is 17.7 Å². The van der Waals surface area contributed by atoms with Crippen LogP contribution in [-0.4, -0.2) is 63.3 Å². The number of fused-ring (bicyclic) bond motifs is 1. The molecule has 0 saturated carbocycles. The van der Waals surface area contributed by atoms with Crippen molar-refractivity contribution >= 4 is 35.5 Å².